The number of phenols is 1. The van der Waals surface area contributed by atoms with Gasteiger partial charge in [0.25, 0.3) is 0 Å². The molecule has 0 atom stereocenters. The lowest BCUT2D eigenvalue weighted by Gasteiger charge is -2.14. The average molecular weight is 456 g/mol. The van der Waals surface area contributed by atoms with Crippen LogP contribution in [0.1, 0.15) is 41.8 Å². The van der Waals surface area contributed by atoms with Crippen molar-refractivity contribution in [2.45, 2.75) is 33.1 Å². The maximum Gasteiger partial charge on any atom is 0.310 e. The van der Waals surface area contributed by atoms with Gasteiger partial charge in [-0.25, -0.2) is 0 Å². The standard InChI is InChI=1S/C26H33NO6/c1-5-19-16-21(22(28)12-13-27(3)4)23(29)18-25(19)33-15-9-14-32-24-11-8-7-10-20(24)17-26(30)31-6-2/h7-8,10-13,16,18,29H,5-6,9,14-15,17H2,1-4H3/b13-12-. The van der Waals surface area contributed by atoms with Crippen LogP contribution >= 0.6 is 0 Å². The highest BCUT2D eigenvalue weighted by molar-refractivity contribution is 6.06. The van der Waals surface area contributed by atoms with Crippen LogP contribution in [-0.2, 0) is 22.4 Å². The van der Waals surface area contributed by atoms with Crippen LogP contribution in [0.3, 0.4) is 0 Å². The highest BCUT2D eigenvalue weighted by Gasteiger charge is 2.14. The largest absolute Gasteiger partial charge is 0.507 e. The lowest BCUT2D eigenvalue weighted by molar-refractivity contribution is -0.142. The van der Waals surface area contributed by atoms with E-state index in [0.29, 0.717) is 44.2 Å². The number of aromatic hydroxyl groups is 1. The second-order valence-electron chi connectivity index (χ2n) is 7.61. The molecule has 7 heteroatoms. The Balaban J connectivity index is 1.93. The van der Waals surface area contributed by atoms with Crippen LogP contribution in [0.15, 0.2) is 48.7 Å². The second kappa shape index (κ2) is 13.2. The summed E-state index contributed by atoms with van der Waals surface area (Å²) in [5.74, 6) is 0.525. The lowest BCUT2D eigenvalue weighted by Crippen LogP contribution is -2.10. The van der Waals surface area contributed by atoms with Gasteiger partial charge in [0.05, 0.1) is 31.8 Å². The molecule has 0 aliphatic rings. The zero-order chi connectivity index (χ0) is 24.2. The highest BCUT2D eigenvalue weighted by atomic mass is 16.5. The van der Waals surface area contributed by atoms with Crippen molar-refractivity contribution >= 4 is 11.8 Å². The average Bonchev–Trinajstić information content (AvgIpc) is 2.78. The Kier molecular flexibility index (Phi) is 10.3. The van der Waals surface area contributed by atoms with Crippen molar-refractivity contribution in [1.82, 2.24) is 4.90 Å². The number of phenolic OH excluding ortho intramolecular Hbond substituents is 1. The van der Waals surface area contributed by atoms with Gasteiger partial charge in [-0.05, 0) is 31.0 Å². The first-order valence-corrected chi connectivity index (χ1v) is 11.1. The predicted octanol–water partition coefficient (Wildman–Crippen LogP) is 4.17. The van der Waals surface area contributed by atoms with Gasteiger partial charge in [0.15, 0.2) is 5.78 Å². The minimum atomic E-state index is -0.289. The van der Waals surface area contributed by atoms with Gasteiger partial charge in [-0.1, -0.05) is 25.1 Å². The van der Waals surface area contributed by atoms with Crippen molar-refractivity contribution in [2.24, 2.45) is 0 Å². The number of para-hydroxylation sites is 1. The van der Waals surface area contributed by atoms with E-state index in [2.05, 4.69) is 0 Å². The molecule has 0 amide bonds. The molecule has 0 heterocycles. The highest BCUT2D eigenvalue weighted by Crippen LogP contribution is 2.30. The molecule has 2 aromatic rings. The van der Waals surface area contributed by atoms with E-state index in [1.165, 1.54) is 12.1 Å². The van der Waals surface area contributed by atoms with E-state index in [0.717, 1.165) is 11.1 Å². The van der Waals surface area contributed by atoms with Gasteiger partial charge in [-0.3, -0.25) is 9.59 Å². The maximum absolute atomic E-state index is 12.4. The molecule has 0 fully saturated rings. The number of carbonyl (C=O) groups is 2. The van der Waals surface area contributed by atoms with Gasteiger partial charge < -0.3 is 24.2 Å². The molecule has 2 rings (SSSR count). The number of aryl methyl sites for hydroxylation is 1. The Morgan fingerprint density at radius 3 is 2.36 bits per heavy atom. The maximum atomic E-state index is 12.4. The van der Waals surface area contributed by atoms with E-state index < -0.39 is 0 Å². The van der Waals surface area contributed by atoms with Crippen LogP contribution in [-0.4, -0.2) is 55.7 Å². The molecule has 0 spiro atoms. The van der Waals surface area contributed by atoms with Crippen LogP contribution < -0.4 is 9.47 Å². The number of esters is 1. The number of benzene rings is 2. The Morgan fingerprint density at radius 2 is 1.70 bits per heavy atom. The molecule has 0 aliphatic carbocycles. The first kappa shape index (κ1) is 25.8. The van der Waals surface area contributed by atoms with Gasteiger partial charge in [0, 0.05) is 44.4 Å². The van der Waals surface area contributed by atoms with Gasteiger partial charge >= 0.3 is 5.97 Å². The molecule has 2 aromatic carbocycles. The summed E-state index contributed by atoms with van der Waals surface area (Å²) in [5, 5.41) is 10.3. The van der Waals surface area contributed by atoms with Gasteiger partial charge in [0.1, 0.15) is 17.2 Å². The quantitative estimate of drug-likeness (QED) is 0.210. The lowest BCUT2D eigenvalue weighted by atomic mass is 10.0. The Morgan fingerprint density at radius 1 is 1.00 bits per heavy atom. The van der Waals surface area contributed by atoms with Crippen LogP contribution in [0.2, 0.25) is 0 Å². The molecule has 0 saturated carbocycles. The summed E-state index contributed by atoms with van der Waals surface area (Å²) in [7, 11) is 3.64. The van der Waals surface area contributed by atoms with Crippen LogP contribution in [0.5, 0.6) is 17.2 Å². The first-order chi connectivity index (χ1) is 15.8. The monoisotopic (exact) mass is 455 g/mol. The first-order valence-electron chi connectivity index (χ1n) is 11.1. The second-order valence-corrected chi connectivity index (χ2v) is 7.61. The summed E-state index contributed by atoms with van der Waals surface area (Å²) in [6, 6.07) is 10.5. The third kappa shape index (κ3) is 8.18. The Hall–Kier alpha value is -3.48. The summed E-state index contributed by atoms with van der Waals surface area (Å²) in [5.41, 5.74) is 1.87. The van der Waals surface area contributed by atoms with E-state index in [-0.39, 0.29) is 29.5 Å². The normalized spacial score (nSPS) is 10.8. The van der Waals surface area contributed by atoms with Crippen molar-refractivity contribution in [3.8, 4) is 17.2 Å². The summed E-state index contributed by atoms with van der Waals surface area (Å²) in [4.78, 5) is 25.9. The number of carbonyl (C=O) groups excluding carboxylic acids is 2. The molecule has 33 heavy (non-hydrogen) atoms. The molecule has 1 N–H and O–H groups in total. The fourth-order valence-corrected chi connectivity index (χ4v) is 3.11. The molecule has 0 bridgehead atoms. The topological polar surface area (TPSA) is 85.3 Å². The van der Waals surface area contributed by atoms with E-state index in [4.69, 9.17) is 14.2 Å². The number of hydrogen-bond acceptors (Lipinski definition) is 7. The Labute approximate surface area is 195 Å². The van der Waals surface area contributed by atoms with Crippen molar-refractivity contribution in [3.63, 3.8) is 0 Å². The third-order valence-corrected chi connectivity index (χ3v) is 4.77. The zero-order valence-corrected chi connectivity index (χ0v) is 19.8. The molecule has 7 nitrogen and oxygen atoms in total. The molecular weight excluding hydrogens is 422 g/mol. The number of ketones is 1. The van der Waals surface area contributed by atoms with Gasteiger partial charge in [-0.2, -0.15) is 0 Å². The number of ether oxygens (including phenoxy) is 3. The molecule has 0 unspecified atom stereocenters. The molecule has 0 aromatic heterocycles. The summed E-state index contributed by atoms with van der Waals surface area (Å²) >= 11 is 0. The van der Waals surface area contributed by atoms with Crippen LogP contribution in [0, 0.1) is 0 Å². The Bertz CT molecular complexity index is 967. The van der Waals surface area contributed by atoms with Crippen molar-refractivity contribution in [2.75, 3.05) is 33.9 Å². The number of hydrogen-bond donors (Lipinski definition) is 1. The summed E-state index contributed by atoms with van der Waals surface area (Å²) < 4.78 is 16.7. The fourth-order valence-electron chi connectivity index (χ4n) is 3.11. The molecule has 0 aliphatic heterocycles. The SMILES string of the molecule is CCOC(=O)Cc1ccccc1OCCCOc1cc(O)c(C(=O)/C=C\N(C)C)cc1CC. The van der Waals surface area contributed by atoms with E-state index >= 15 is 0 Å². The minimum Gasteiger partial charge on any atom is -0.507 e. The summed E-state index contributed by atoms with van der Waals surface area (Å²) in [6.07, 6.45) is 4.48. The van der Waals surface area contributed by atoms with Crippen molar-refractivity contribution in [1.29, 1.82) is 0 Å². The molecule has 0 saturated heterocycles. The van der Waals surface area contributed by atoms with E-state index in [1.54, 1.807) is 24.1 Å². The van der Waals surface area contributed by atoms with E-state index in [1.807, 2.05) is 45.3 Å². The minimum absolute atomic E-state index is 0.111. The smallest absolute Gasteiger partial charge is 0.310 e. The molecule has 178 valence electrons. The van der Waals surface area contributed by atoms with Crippen molar-refractivity contribution in [3.05, 3.63) is 65.4 Å². The fraction of sp³-hybridized carbons (Fsp3) is 0.385. The number of allylic oxidation sites excluding steroid dienone is 1. The number of nitrogens with zero attached hydrogens (tertiary/aromatic N) is 1. The number of rotatable bonds is 13. The predicted molar refractivity (Wildman–Crippen MR) is 127 cm³/mol. The van der Waals surface area contributed by atoms with Gasteiger partial charge in [0.2, 0.25) is 0 Å². The van der Waals surface area contributed by atoms with Crippen molar-refractivity contribution < 1.29 is 28.9 Å². The van der Waals surface area contributed by atoms with Crippen LogP contribution in [0.4, 0.5) is 0 Å². The zero-order valence-electron chi connectivity index (χ0n) is 19.8. The van der Waals surface area contributed by atoms with Gasteiger partial charge in [-0.15, -0.1) is 0 Å². The third-order valence-electron chi connectivity index (χ3n) is 4.77. The van der Waals surface area contributed by atoms with Crippen LogP contribution in [0.25, 0.3) is 0 Å². The molecule has 0 radical (unpaired) electrons. The summed E-state index contributed by atoms with van der Waals surface area (Å²) in [6.45, 7) is 4.86. The van der Waals surface area contributed by atoms with E-state index in [9.17, 15) is 14.7 Å². The molecular formula is C26H33NO6.